The van der Waals surface area contributed by atoms with Crippen molar-refractivity contribution >= 4 is 15.9 Å². The van der Waals surface area contributed by atoms with Crippen molar-refractivity contribution in [3.63, 3.8) is 0 Å². The minimum atomic E-state index is -4.04. The third-order valence-electron chi connectivity index (χ3n) is 2.51. The number of carbonyl (C=O) groups is 1. The Hall–Kier alpha value is -2.38. The molecule has 104 valence electrons. The van der Waals surface area contributed by atoms with E-state index in [9.17, 15) is 13.2 Å². The molecular formula is C13H12N2O4S. The largest absolute Gasteiger partial charge is 0.456 e. The Labute approximate surface area is 116 Å². The number of carbonyl (C=O) groups excluding carboxylic acids is 1. The maximum atomic E-state index is 11.6. The van der Waals surface area contributed by atoms with Crippen molar-refractivity contribution in [2.45, 2.75) is 4.90 Å². The SMILES string of the molecule is NC(=O)c1ccc(Oc2ccccc2)c(S(N)(=O)=O)c1. The molecular weight excluding hydrogens is 280 g/mol. The van der Waals surface area contributed by atoms with Crippen molar-refractivity contribution in [1.29, 1.82) is 0 Å². The number of hydrogen-bond donors (Lipinski definition) is 2. The van der Waals surface area contributed by atoms with E-state index in [0.717, 1.165) is 6.07 Å². The van der Waals surface area contributed by atoms with Crippen molar-refractivity contribution in [2.75, 3.05) is 0 Å². The van der Waals surface area contributed by atoms with Crippen molar-refractivity contribution in [1.82, 2.24) is 0 Å². The zero-order valence-electron chi connectivity index (χ0n) is 10.3. The van der Waals surface area contributed by atoms with Crippen LogP contribution in [0.25, 0.3) is 0 Å². The normalized spacial score (nSPS) is 11.1. The maximum absolute atomic E-state index is 11.6. The molecule has 4 N–H and O–H groups in total. The molecule has 0 atom stereocenters. The summed E-state index contributed by atoms with van der Waals surface area (Å²) in [5.74, 6) is -0.269. The van der Waals surface area contributed by atoms with E-state index in [1.807, 2.05) is 0 Å². The van der Waals surface area contributed by atoms with E-state index >= 15 is 0 Å². The summed E-state index contributed by atoms with van der Waals surface area (Å²) in [7, 11) is -4.04. The Morgan fingerprint density at radius 1 is 1.05 bits per heavy atom. The van der Waals surface area contributed by atoms with Crippen LogP contribution in [-0.4, -0.2) is 14.3 Å². The van der Waals surface area contributed by atoms with Crippen LogP contribution in [0.3, 0.4) is 0 Å². The fourth-order valence-corrected chi connectivity index (χ4v) is 2.26. The summed E-state index contributed by atoms with van der Waals surface area (Å²) in [6.07, 6.45) is 0. The molecule has 7 heteroatoms. The van der Waals surface area contributed by atoms with Crippen molar-refractivity contribution in [2.24, 2.45) is 10.9 Å². The van der Waals surface area contributed by atoms with Crippen molar-refractivity contribution in [3.05, 3.63) is 54.1 Å². The van der Waals surface area contributed by atoms with Gasteiger partial charge in [0.05, 0.1) is 0 Å². The molecule has 0 radical (unpaired) electrons. The number of nitrogens with two attached hydrogens (primary N) is 2. The van der Waals surface area contributed by atoms with Crippen LogP contribution >= 0.6 is 0 Å². The molecule has 2 aromatic rings. The number of primary amides is 1. The van der Waals surface area contributed by atoms with Gasteiger partial charge in [-0.15, -0.1) is 0 Å². The Morgan fingerprint density at radius 2 is 1.70 bits per heavy atom. The Balaban J connectivity index is 2.50. The number of amides is 1. The summed E-state index contributed by atoms with van der Waals surface area (Å²) in [4.78, 5) is 10.8. The predicted molar refractivity (Wildman–Crippen MR) is 72.8 cm³/mol. The van der Waals surface area contributed by atoms with Gasteiger partial charge in [-0.3, -0.25) is 4.79 Å². The van der Waals surface area contributed by atoms with Gasteiger partial charge < -0.3 is 10.5 Å². The second-order valence-corrected chi connectivity index (χ2v) is 5.52. The standard InChI is InChI=1S/C13H12N2O4S/c14-13(16)9-6-7-11(12(8-9)20(15,17)18)19-10-4-2-1-3-5-10/h1-8H,(H2,14,16)(H2,15,17,18). The summed E-state index contributed by atoms with van der Waals surface area (Å²) in [5.41, 5.74) is 5.15. The first kappa shape index (κ1) is 14.0. The van der Waals surface area contributed by atoms with Crippen LogP contribution in [0, 0.1) is 0 Å². The van der Waals surface area contributed by atoms with Gasteiger partial charge >= 0.3 is 0 Å². The van der Waals surface area contributed by atoms with Gasteiger partial charge in [0.1, 0.15) is 16.4 Å². The molecule has 0 heterocycles. The zero-order chi connectivity index (χ0) is 14.8. The molecule has 0 saturated heterocycles. The highest BCUT2D eigenvalue weighted by molar-refractivity contribution is 7.89. The van der Waals surface area contributed by atoms with E-state index in [0.29, 0.717) is 5.75 Å². The van der Waals surface area contributed by atoms with Gasteiger partial charge in [0.15, 0.2) is 0 Å². The molecule has 1 amide bonds. The highest BCUT2D eigenvalue weighted by Gasteiger charge is 2.18. The van der Waals surface area contributed by atoms with E-state index in [4.69, 9.17) is 15.6 Å². The molecule has 6 nitrogen and oxygen atoms in total. The van der Waals surface area contributed by atoms with E-state index in [1.54, 1.807) is 30.3 Å². The summed E-state index contributed by atoms with van der Waals surface area (Å²) >= 11 is 0. The molecule has 0 bridgehead atoms. The predicted octanol–water partition coefficient (Wildman–Crippen LogP) is 1.23. The van der Waals surface area contributed by atoms with E-state index in [1.165, 1.54) is 12.1 Å². The van der Waals surface area contributed by atoms with E-state index in [2.05, 4.69) is 0 Å². The van der Waals surface area contributed by atoms with Gasteiger partial charge in [0, 0.05) is 5.56 Å². The average Bonchev–Trinajstić information content (AvgIpc) is 2.39. The number of para-hydroxylation sites is 1. The summed E-state index contributed by atoms with van der Waals surface area (Å²) in [5, 5.41) is 5.12. The van der Waals surface area contributed by atoms with Crippen molar-refractivity contribution in [3.8, 4) is 11.5 Å². The van der Waals surface area contributed by atoms with Crippen LogP contribution in [-0.2, 0) is 10.0 Å². The first-order valence-electron chi connectivity index (χ1n) is 5.57. The number of primary sulfonamides is 1. The van der Waals surface area contributed by atoms with Gasteiger partial charge in [0.2, 0.25) is 15.9 Å². The van der Waals surface area contributed by atoms with E-state index < -0.39 is 15.9 Å². The van der Waals surface area contributed by atoms with Gasteiger partial charge in [-0.2, -0.15) is 0 Å². The molecule has 0 spiro atoms. The first-order valence-corrected chi connectivity index (χ1v) is 7.12. The van der Waals surface area contributed by atoms with Crippen LogP contribution in [0.15, 0.2) is 53.4 Å². The molecule has 0 aliphatic heterocycles. The van der Waals surface area contributed by atoms with Crippen molar-refractivity contribution < 1.29 is 17.9 Å². The lowest BCUT2D eigenvalue weighted by Gasteiger charge is -2.10. The number of benzene rings is 2. The number of hydrogen-bond acceptors (Lipinski definition) is 4. The number of sulfonamides is 1. The van der Waals surface area contributed by atoms with Crippen LogP contribution in [0.2, 0.25) is 0 Å². The average molecular weight is 292 g/mol. The van der Waals surface area contributed by atoms with Gasteiger partial charge in [-0.1, -0.05) is 18.2 Å². The van der Waals surface area contributed by atoms with Crippen LogP contribution < -0.4 is 15.6 Å². The third-order valence-corrected chi connectivity index (χ3v) is 3.44. The highest BCUT2D eigenvalue weighted by Crippen LogP contribution is 2.28. The fraction of sp³-hybridized carbons (Fsp3) is 0. The second-order valence-electron chi connectivity index (χ2n) is 3.99. The molecule has 0 fully saturated rings. The molecule has 0 saturated carbocycles. The fourth-order valence-electron chi connectivity index (χ4n) is 1.58. The Bertz CT molecular complexity index is 742. The quantitative estimate of drug-likeness (QED) is 0.882. The zero-order valence-corrected chi connectivity index (χ0v) is 11.1. The molecule has 2 rings (SSSR count). The minimum Gasteiger partial charge on any atom is -0.456 e. The van der Waals surface area contributed by atoms with Gasteiger partial charge in [-0.25, -0.2) is 13.6 Å². The topological polar surface area (TPSA) is 112 Å². The summed E-state index contributed by atoms with van der Waals surface area (Å²) < 4.78 is 28.6. The molecule has 0 unspecified atom stereocenters. The molecule has 0 aliphatic carbocycles. The Kier molecular flexibility index (Phi) is 3.73. The Morgan fingerprint density at radius 3 is 2.25 bits per heavy atom. The van der Waals surface area contributed by atoms with Gasteiger partial charge in [0.25, 0.3) is 0 Å². The molecule has 0 aromatic heterocycles. The summed E-state index contributed by atoms with van der Waals surface area (Å²) in [6, 6.07) is 12.4. The second kappa shape index (κ2) is 5.32. The lowest BCUT2D eigenvalue weighted by molar-refractivity contribution is 0.1000. The van der Waals surface area contributed by atoms with Crippen LogP contribution in [0.5, 0.6) is 11.5 Å². The van der Waals surface area contributed by atoms with Gasteiger partial charge in [-0.05, 0) is 30.3 Å². The maximum Gasteiger partial charge on any atom is 0.248 e. The van der Waals surface area contributed by atoms with Crippen LogP contribution in [0.1, 0.15) is 10.4 Å². The van der Waals surface area contributed by atoms with Crippen LogP contribution in [0.4, 0.5) is 0 Å². The molecule has 2 aromatic carbocycles. The van der Waals surface area contributed by atoms with E-state index in [-0.39, 0.29) is 16.2 Å². The minimum absolute atomic E-state index is 0.0312. The lowest BCUT2D eigenvalue weighted by atomic mass is 10.2. The molecule has 0 aliphatic rings. The highest BCUT2D eigenvalue weighted by atomic mass is 32.2. The summed E-state index contributed by atoms with van der Waals surface area (Å²) in [6.45, 7) is 0. The lowest BCUT2D eigenvalue weighted by Crippen LogP contribution is -2.16. The third kappa shape index (κ3) is 3.14. The molecule has 20 heavy (non-hydrogen) atoms. The smallest absolute Gasteiger partial charge is 0.248 e. The number of ether oxygens (including phenoxy) is 1. The monoisotopic (exact) mass is 292 g/mol. The first-order chi connectivity index (χ1) is 9.38. The number of rotatable bonds is 4.